The van der Waals surface area contributed by atoms with Crippen molar-refractivity contribution in [1.82, 2.24) is 0 Å². The van der Waals surface area contributed by atoms with Gasteiger partial charge in [-0.25, -0.2) is 0 Å². The maximum Gasteiger partial charge on any atom is 0.312 e. The number of carboxylic acid groups (broad SMARTS) is 1. The van der Waals surface area contributed by atoms with Crippen molar-refractivity contribution in [1.29, 1.82) is 0 Å². The van der Waals surface area contributed by atoms with Crippen molar-refractivity contribution in [2.45, 2.75) is 57.5 Å². The first-order valence-corrected chi connectivity index (χ1v) is 9.48. The maximum absolute atomic E-state index is 12.7. The molecule has 0 aromatic rings. The summed E-state index contributed by atoms with van der Waals surface area (Å²) in [7, 11) is 0. The van der Waals surface area contributed by atoms with E-state index in [9.17, 15) is 19.8 Å². The molecular formula is C20H25O5-. The number of aliphatic carboxylic acids is 1. The number of hydrogen-bond acceptors (Lipinski definition) is 5. The third kappa shape index (κ3) is 1.52. The molecule has 1 heterocycles. The number of hydrogen-bond donors (Lipinski definition) is 1. The summed E-state index contributed by atoms with van der Waals surface area (Å²) in [5.41, 5.74) is -1.75. The lowest BCUT2D eigenvalue weighted by molar-refractivity contribution is -0.319. The molecule has 4 bridgehead atoms. The van der Waals surface area contributed by atoms with E-state index < -0.39 is 28.3 Å². The number of carboxylic acids is 1. The molecule has 1 saturated heterocycles. The second-order valence-corrected chi connectivity index (χ2v) is 9.67. The Hall–Kier alpha value is -1.36. The van der Waals surface area contributed by atoms with Gasteiger partial charge < -0.3 is 19.7 Å². The first-order valence-electron chi connectivity index (χ1n) is 9.48. The molecular weight excluding hydrogens is 320 g/mol. The van der Waals surface area contributed by atoms with Crippen molar-refractivity contribution in [2.75, 3.05) is 6.61 Å². The Kier molecular flexibility index (Phi) is 2.73. The van der Waals surface area contributed by atoms with Crippen LogP contribution in [-0.4, -0.2) is 29.3 Å². The number of esters is 1. The molecule has 1 spiro atoms. The largest absolute Gasteiger partial charge is 0.550 e. The SMILES string of the molecule is C=C1C[C@]23C[C@@]1(O)CC[C@H]2[C@@]12CCC[C@@](C)(C(=O)OC1)[C@H]2[C@@H]3C(=O)[O-]. The van der Waals surface area contributed by atoms with Crippen molar-refractivity contribution >= 4 is 11.9 Å². The standard InChI is InChI=1S/C20H26O5/c1-11-8-19-9-20(11,24)7-4-12(19)18-6-3-5-17(2,16(23)25-10-18)14(18)13(19)15(21)22/h12-14,24H,1,3-10H2,2H3,(H,21,22)/p-1/t12-,13+,14+,17+,18+,19-,20-/m0/s1. The summed E-state index contributed by atoms with van der Waals surface area (Å²) in [6, 6.07) is 0. The van der Waals surface area contributed by atoms with Gasteiger partial charge in [0.15, 0.2) is 0 Å². The molecule has 0 aromatic carbocycles. The van der Waals surface area contributed by atoms with E-state index >= 15 is 0 Å². The zero-order valence-corrected chi connectivity index (χ0v) is 14.7. The highest BCUT2D eigenvalue weighted by Gasteiger charge is 2.78. The third-order valence-electron chi connectivity index (χ3n) is 8.85. The van der Waals surface area contributed by atoms with Crippen LogP contribution in [0.3, 0.4) is 0 Å². The monoisotopic (exact) mass is 345 g/mol. The molecule has 0 unspecified atom stereocenters. The molecule has 5 heteroatoms. The molecule has 4 aliphatic carbocycles. The average molecular weight is 345 g/mol. The Bertz CT molecular complexity index is 715. The highest BCUT2D eigenvalue weighted by molar-refractivity contribution is 5.81. The van der Waals surface area contributed by atoms with Crippen LogP contribution in [0.1, 0.15) is 51.9 Å². The summed E-state index contributed by atoms with van der Waals surface area (Å²) >= 11 is 0. The first-order chi connectivity index (χ1) is 11.7. The zero-order chi connectivity index (χ0) is 17.8. The summed E-state index contributed by atoms with van der Waals surface area (Å²) in [4.78, 5) is 25.1. The van der Waals surface area contributed by atoms with Crippen molar-refractivity contribution < 1.29 is 24.5 Å². The molecule has 5 nitrogen and oxygen atoms in total. The summed E-state index contributed by atoms with van der Waals surface area (Å²) in [5, 5.41) is 23.4. The fourth-order valence-corrected chi connectivity index (χ4v) is 8.15. The normalized spacial score (nSPS) is 56.2. The third-order valence-corrected chi connectivity index (χ3v) is 8.85. The van der Waals surface area contributed by atoms with Gasteiger partial charge >= 0.3 is 5.97 Å². The Morgan fingerprint density at radius 1 is 1.32 bits per heavy atom. The summed E-state index contributed by atoms with van der Waals surface area (Å²) in [6.45, 7) is 6.31. The van der Waals surface area contributed by atoms with Crippen molar-refractivity contribution in [3.05, 3.63) is 12.2 Å². The molecule has 136 valence electrons. The molecule has 0 radical (unpaired) electrons. The minimum Gasteiger partial charge on any atom is -0.550 e. The second kappa shape index (κ2) is 4.30. The van der Waals surface area contributed by atoms with Gasteiger partial charge in [-0.2, -0.15) is 0 Å². The van der Waals surface area contributed by atoms with E-state index in [-0.39, 0.29) is 23.2 Å². The maximum atomic E-state index is 12.7. The summed E-state index contributed by atoms with van der Waals surface area (Å²) in [5.74, 6) is -2.11. The van der Waals surface area contributed by atoms with Crippen LogP contribution in [-0.2, 0) is 14.3 Å². The number of aliphatic hydroxyl groups is 1. The van der Waals surface area contributed by atoms with Gasteiger partial charge in [0.2, 0.25) is 0 Å². The van der Waals surface area contributed by atoms with E-state index in [2.05, 4.69) is 6.58 Å². The average Bonchev–Trinajstić information content (AvgIpc) is 2.90. The van der Waals surface area contributed by atoms with Gasteiger partial charge in [-0.05, 0) is 68.3 Å². The zero-order valence-electron chi connectivity index (χ0n) is 14.7. The van der Waals surface area contributed by atoms with E-state index in [1.54, 1.807) is 0 Å². The molecule has 5 rings (SSSR count). The first kappa shape index (κ1) is 15.9. The van der Waals surface area contributed by atoms with Crippen molar-refractivity contribution in [3.63, 3.8) is 0 Å². The van der Waals surface area contributed by atoms with Crippen molar-refractivity contribution in [3.8, 4) is 0 Å². The number of fused-ring (bicyclic) bond motifs is 1. The molecule has 1 N–H and O–H groups in total. The number of cyclic esters (lactones) is 1. The number of carbonyl (C=O) groups is 2. The van der Waals surface area contributed by atoms with Crippen LogP contribution in [0.4, 0.5) is 0 Å². The lowest BCUT2D eigenvalue weighted by Crippen LogP contribution is -2.59. The fraction of sp³-hybridized carbons (Fsp3) is 0.800. The van der Waals surface area contributed by atoms with Crippen LogP contribution >= 0.6 is 0 Å². The van der Waals surface area contributed by atoms with E-state index in [0.29, 0.717) is 32.3 Å². The lowest BCUT2D eigenvalue weighted by atomic mass is 9.51. The van der Waals surface area contributed by atoms with Gasteiger partial charge in [-0.1, -0.05) is 13.0 Å². The number of ether oxygens (including phenoxy) is 1. The molecule has 4 saturated carbocycles. The Morgan fingerprint density at radius 2 is 2.08 bits per heavy atom. The molecule has 25 heavy (non-hydrogen) atoms. The predicted molar refractivity (Wildman–Crippen MR) is 85.8 cm³/mol. The smallest absolute Gasteiger partial charge is 0.312 e. The van der Waals surface area contributed by atoms with Gasteiger partial charge in [0.05, 0.1) is 17.6 Å². The van der Waals surface area contributed by atoms with Crippen LogP contribution in [0.15, 0.2) is 12.2 Å². The molecule has 5 aliphatic rings. The van der Waals surface area contributed by atoms with Crippen LogP contribution in [0.5, 0.6) is 0 Å². The lowest BCUT2D eigenvalue weighted by Gasteiger charge is -2.56. The molecule has 1 aliphatic heterocycles. The quantitative estimate of drug-likeness (QED) is 0.570. The van der Waals surface area contributed by atoms with Crippen molar-refractivity contribution in [2.24, 2.45) is 34.0 Å². The van der Waals surface area contributed by atoms with Gasteiger partial charge in [0, 0.05) is 17.3 Å². The van der Waals surface area contributed by atoms with Crippen LogP contribution in [0.2, 0.25) is 0 Å². The Balaban J connectivity index is 1.76. The van der Waals surface area contributed by atoms with E-state index in [1.807, 2.05) is 6.92 Å². The summed E-state index contributed by atoms with van der Waals surface area (Å²) < 4.78 is 5.65. The highest BCUT2D eigenvalue weighted by Crippen LogP contribution is 2.79. The molecule has 5 fully saturated rings. The number of carbonyl (C=O) groups excluding carboxylic acids is 2. The fourth-order valence-electron chi connectivity index (χ4n) is 8.15. The minimum atomic E-state index is -1.06. The summed E-state index contributed by atoms with van der Waals surface area (Å²) in [6.07, 6.45) is 4.91. The van der Waals surface area contributed by atoms with Gasteiger partial charge in [-0.15, -0.1) is 0 Å². The molecule has 0 aromatic heterocycles. The molecule has 0 amide bonds. The van der Waals surface area contributed by atoms with E-state index in [4.69, 9.17) is 4.74 Å². The Morgan fingerprint density at radius 3 is 2.80 bits per heavy atom. The van der Waals surface area contributed by atoms with Gasteiger partial charge in [-0.3, -0.25) is 4.79 Å². The van der Waals surface area contributed by atoms with Crippen LogP contribution < -0.4 is 5.11 Å². The molecule has 7 atom stereocenters. The topological polar surface area (TPSA) is 86.7 Å². The second-order valence-electron chi connectivity index (χ2n) is 9.67. The van der Waals surface area contributed by atoms with Crippen LogP contribution in [0.25, 0.3) is 0 Å². The minimum absolute atomic E-state index is 0.153. The van der Waals surface area contributed by atoms with E-state index in [0.717, 1.165) is 24.8 Å². The predicted octanol–water partition coefficient (Wildman–Crippen LogP) is 1.19. The van der Waals surface area contributed by atoms with Gasteiger partial charge in [0.1, 0.15) is 0 Å². The van der Waals surface area contributed by atoms with E-state index in [1.165, 1.54) is 0 Å². The highest BCUT2D eigenvalue weighted by atomic mass is 16.5. The van der Waals surface area contributed by atoms with Crippen LogP contribution in [0, 0.1) is 34.0 Å². The Labute approximate surface area is 147 Å². The van der Waals surface area contributed by atoms with Gasteiger partial charge in [0.25, 0.3) is 0 Å². The number of rotatable bonds is 1.